The van der Waals surface area contributed by atoms with E-state index in [1.165, 1.54) is 17.4 Å². The third-order valence-corrected chi connectivity index (χ3v) is 8.41. The number of piperidine rings is 1. The lowest BCUT2D eigenvalue weighted by atomic mass is 9.94. The average molecular weight is 444 g/mol. The molecule has 6 nitrogen and oxygen atoms in total. The summed E-state index contributed by atoms with van der Waals surface area (Å²) in [6.07, 6.45) is 1.02. The third kappa shape index (κ3) is 3.99. The quantitative estimate of drug-likeness (QED) is 0.620. The van der Waals surface area contributed by atoms with Crippen molar-refractivity contribution in [2.24, 2.45) is 23.9 Å². The highest BCUT2D eigenvalue weighted by atomic mass is 32.2. The standard InChI is InChI=1S/C22H25N3O3S2/c1-15-11-16(2)14-25(13-15)30(27,28)18-8-6-7-17(12-18)21(26)23-22-24(3)19-9-4-5-10-20(19)29-22/h4-10,12,15-16H,11,13-14H2,1-3H3/t15-,16-/m0/s1. The lowest BCUT2D eigenvalue weighted by Gasteiger charge is -2.34. The Labute approximate surface area is 180 Å². The smallest absolute Gasteiger partial charge is 0.279 e. The summed E-state index contributed by atoms with van der Waals surface area (Å²) in [4.78, 5) is 17.8. The van der Waals surface area contributed by atoms with E-state index in [-0.39, 0.29) is 10.5 Å². The largest absolute Gasteiger partial charge is 0.319 e. The first kappa shape index (κ1) is 21.0. The topological polar surface area (TPSA) is 71.7 Å². The Morgan fingerprint density at radius 1 is 1.07 bits per heavy atom. The molecule has 30 heavy (non-hydrogen) atoms. The number of aryl methyl sites for hydroxylation is 1. The molecule has 4 rings (SSSR count). The van der Waals surface area contributed by atoms with Crippen LogP contribution in [-0.4, -0.2) is 36.3 Å². The first-order valence-corrected chi connectivity index (χ1v) is 12.2. The molecule has 1 aliphatic rings. The van der Waals surface area contributed by atoms with E-state index in [9.17, 15) is 13.2 Å². The van der Waals surface area contributed by atoms with E-state index in [1.807, 2.05) is 35.9 Å². The van der Waals surface area contributed by atoms with Gasteiger partial charge in [0.2, 0.25) is 10.0 Å². The monoisotopic (exact) mass is 443 g/mol. The minimum absolute atomic E-state index is 0.144. The molecule has 0 spiro atoms. The Bertz CT molecular complexity index is 1260. The minimum atomic E-state index is -3.65. The molecular formula is C22H25N3O3S2. The second kappa shape index (κ2) is 8.09. The first-order chi connectivity index (χ1) is 14.3. The summed E-state index contributed by atoms with van der Waals surface area (Å²) >= 11 is 1.43. The summed E-state index contributed by atoms with van der Waals surface area (Å²) in [7, 11) is -1.78. The summed E-state index contributed by atoms with van der Waals surface area (Å²) in [5.74, 6) is 0.183. The number of fused-ring (bicyclic) bond motifs is 1. The molecule has 2 aromatic carbocycles. The zero-order valence-corrected chi connectivity index (χ0v) is 18.9. The number of benzene rings is 2. The van der Waals surface area contributed by atoms with Gasteiger partial charge in [0.1, 0.15) is 0 Å². The Morgan fingerprint density at radius 3 is 2.47 bits per heavy atom. The van der Waals surface area contributed by atoms with E-state index in [0.717, 1.165) is 16.6 Å². The second-order valence-corrected chi connectivity index (χ2v) is 11.1. The average Bonchev–Trinajstić information content (AvgIpc) is 3.03. The predicted octanol–water partition coefficient (Wildman–Crippen LogP) is 3.65. The van der Waals surface area contributed by atoms with Crippen molar-refractivity contribution in [1.82, 2.24) is 8.87 Å². The van der Waals surface area contributed by atoms with Gasteiger partial charge in [0.05, 0.1) is 15.1 Å². The summed E-state index contributed by atoms with van der Waals surface area (Å²) in [6.45, 7) is 5.16. The molecule has 158 valence electrons. The van der Waals surface area contributed by atoms with Crippen LogP contribution in [0.5, 0.6) is 0 Å². The number of sulfonamides is 1. The van der Waals surface area contributed by atoms with Gasteiger partial charge in [0.15, 0.2) is 4.80 Å². The van der Waals surface area contributed by atoms with Crippen molar-refractivity contribution in [3.05, 3.63) is 58.9 Å². The van der Waals surface area contributed by atoms with E-state index in [0.29, 0.717) is 29.7 Å². The molecule has 3 aromatic rings. The Morgan fingerprint density at radius 2 is 1.77 bits per heavy atom. The molecule has 0 N–H and O–H groups in total. The van der Waals surface area contributed by atoms with Gasteiger partial charge in [0.25, 0.3) is 5.91 Å². The number of rotatable bonds is 3. The Balaban J connectivity index is 1.67. The van der Waals surface area contributed by atoms with Crippen molar-refractivity contribution in [3.63, 3.8) is 0 Å². The van der Waals surface area contributed by atoms with Gasteiger partial charge < -0.3 is 4.57 Å². The second-order valence-electron chi connectivity index (χ2n) is 8.12. The summed E-state index contributed by atoms with van der Waals surface area (Å²) < 4.78 is 30.8. The van der Waals surface area contributed by atoms with Gasteiger partial charge in [0, 0.05) is 25.7 Å². The number of carbonyl (C=O) groups excluding carboxylic acids is 1. The number of para-hydroxylation sites is 1. The van der Waals surface area contributed by atoms with Gasteiger partial charge in [-0.2, -0.15) is 9.30 Å². The van der Waals surface area contributed by atoms with Crippen molar-refractivity contribution in [2.75, 3.05) is 13.1 Å². The van der Waals surface area contributed by atoms with Crippen molar-refractivity contribution in [3.8, 4) is 0 Å². The molecule has 1 aliphatic heterocycles. The van der Waals surface area contributed by atoms with Crippen LogP contribution in [-0.2, 0) is 17.1 Å². The summed E-state index contributed by atoms with van der Waals surface area (Å²) in [5.41, 5.74) is 1.27. The maximum atomic E-state index is 13.2. The van der Waals surface area contributed by atoms with E-state index in [2.05, 4.69) is 18.8 Å². The molecule has 1 aromatic heterocycles. The molecule has 0 saturated carbocycles. The van der Waals surface area contributed by atoms with Gasteiger partial charge in [-0.15, -0.1) is 0 Å². The maximum absolute atomic E-state index is 13.2. The van der Waals surface area contributed by atoms with Crippen LogP contribution < -0.4 is 4.80 Å². The van der Waals surface area contributed by atoms with Crippen molar-refractivity contribution < 1.29 is 13.2 Å². The molecule has 8 heteroatoms. The van der Waals surface area contributed by atoms with Crippen LogP contribution in [0, 0.1) is 11.8 Å². The van der Waals surface area contributed by atoms with Gasteiger partial charge in [-0.1, -0.05) is 43.4 Å². The highest BCUT2D eigenvalue weighted by Gasteiger charge is 2.31. The Kier molecular flexibility index (Phi) is 5.65. The third-order valence-electron chi connectivity index (χ3n) is 5.47. The van der Waals surface area contributed by atoms with Crippen LogP contribution in [0.2, 0.25) is 0 Å². The van der Waals surface area contributed by atoms with Gasteiger partial charge in [-0.25, -0.2) is 8.42 Å². The molecular weight excluding hydrogens is 418 g/mol. The fourth-order valence-electron chi connectivity index (χ4n) is 4.08. The fraction of sp³-hybridized carbons (Fsp3) is 0.364. The van der Waals surface area contributed by atoms with Crippen molar-refractivity contribution in [2.45, 2.75) is 25.2 Å². The first-order valence-electron chi connectivity index (χ1n) is 9.99. The highest BCUT2D eigenvalue weighted by molar-refractivity contribution is 7.89. The lowest BCUT2D eigenvalue weighted by Crippen LogP contribution is -2.42. The molecule has 1 saturated heterocycles. The van der Waals surface area contributed by atoms with E-state index < -0.39 is 15.9 Å². The highest BCUT2D eigenvalue weighted by Crippen LogP contribution is 2.27. The molecule has 2 atom stereocenters. The van der Waals surface area contributed by atoms with Crippen LogP contribution in [0.15, 0.2) is 58.4 Å². The number of hydrogen-bond donors (Lipinski definition) is 0. The number of aromatic nitrogens is 1. The van der Waals surface area contributed by atoms with Gasteiger partial charge in [-0.05, 0) is 48.6 Å². The van der Waals surface area contributed by atoms with Gasteiger partial charge >= 0.3 is 0 Å². The minimum Gasteiger partial charge on any atom is -0.319 e. The number of carbonyl (C=O) groups is 1. The van der Waals surface area contributed by atoms with E-state index >= 15 is 0 Å². The lowest BCUT2D eigenvalue weighted by molar-refractivity contribution is 0.0997. The van der Waals surface area contributed by atoms with Gasteiger partial charge in [-0.3, -0.25) is 4.79 Å². The summed E-state index contributed by atoms with van der Waals surface area (Å²) in [5, 5.41) is 0. The zero-order chi connectivity index (χ0) is 21.5. The fourth-order valence-corrected chi connectivity index (χ4v) is 6.82. The molecule has 1 amide bonds. The van der Waals surface area contributed by atoms with Crippen LogP contribution in [0.25, 0.3) is 10.2 Å². The van der Waals surface area contributed by atoms with E-state index in [4.69, 9.17) is 0 Å². The number of amides is 1. The molecule has 0 bridgehead atoms. The zero-order valence-electron chi connectivity index (χ0n) is 17.3. The molecule has 2 heterocycles. The van der Waals surface area contributed by atoms with E-state index in [1.54, 1.807) is 22.5 Å². The number of hydrogen-bond acceptors (Lipinski definition) is 4. The van der Waals surface area contributed by atoms with Crippen LogP contribution in [0.1, 0.15) is 30.6 Å². The molecule has 1 fully saturated rings. The molecule has 0 unspecified atom stereocenters. The molecule has 0 radical (unpaired) electrons. The Hall–Kier alpha value is -2.29. The normalized spacial score (nSPS) is 21.2. The van der Waals surface area contributed by atoms with Crippen LogP contribution in [0.3, 0.4) is 0 Å². The van der Waals surface area contributed by atoms with Crippen molar-refractivity contribution in [1.29, 1.82) is 0 Å². The maximum Gasteiger partial charge on any atom is 0.279 e. The number of thiazole rings is 1. The van der Waals surface area contributed by atoms with Crippen molar-refractivity contribution >= 4 is 37.5 Å². The SMILES string of the molecule is C[C@H]1C[C@H](C)CN(S(=O)(=O)c2cccc(C(=O)N=c3sc4ccccc4n3C)c2)C1. The number of nitrogens with zero attached hydrogens (tertiary/aromatic N) is 3. The molecule has 0 aliphatic carbocycles. The summed E-state index contributed by atoms with van der Waals surface area (Å²) in [6, 6.07) is 14.1. The van der Waals surface area contributed by atoms with Crippen LogP contribution >= 0.6 is 11.3 Å². The predicted molar refractivity (Wildman–Crippen MR) is 119 cm³/mol. The van der Waals surface area contributed by atoms with Crippen LogP contribution in [0.4, 0.5) is 0 Å².